The van der Waals surface area contributed by atoms with Crippen molar-refractivity contribution in [1.82, 2.24) is 4.90 Å². The zero-order chi connectivity index (χ0) is 16.3. The highest BCUT2D eigenvalue weighted by molar-refractivity contribution is 5.94. The highest BCUT2D eigenvalue weighted by atomic mass is 19.2. The van der Waals surface area contributed by atoms with Gasteiger partial charge >= 0.3 is 0 Å². The summed E-state index contributed by atoms with van der Waals surface area (Å²) in [6.07, 6.45) is 0. The summed E-state index contributed by atoms with van der Waals surface area (Å²) in [6.45, 7) is -0.0189. The zero-order valence-electron chi connectivity index (χ0n) is 11.6. The molecule has 0 spiro atoms. The van der Waals surface area contributed by atoms with E-state index < -0.39 is 22.5 Å². The molecular formula is C15H12F2N2O3. The molecule has 0 saturated carbocycles. The van der Waals surface area contributed by atoms with Crippen LogP contribution in [0, 0.1) is 21.7 Å². The van der Waals surface area contributed by atoms with Crippen LogP contribution in [0.15, 0.2) is 42.5 Å². The van der Waals surface area contributed by atoms with Crippen molar-refractivity contribution in [2.45, 2.75) is 6.54 Å². The summed E-state index contributed by atoms with van der Waals surface area (Å²) in [6, 6.07) is 8.85. The molecule has 1 amide bonds. The van der Waals surface area contributed by atoms with Crippen molar-refractivity contribution < 1.29 is 18.5 Å². The topological polar surface area (TPSA) is 63.4 Å². The highest BCUT2D eigenvalue weighted by Crippen LogP contribution is 2.20. The molecule has 2 rings (SSSR count). The fraction of sp³-hybridized carbons (Fsp3) is 0.133. The van der Waals surface area contributed by atoms with Crippen LogP contribution in [0.25, 0.3) is 0 Å². The van der Waals surface area contributed by atoms with Crippen molar-refractivity contribution in [2.24, 2.45) is 0 Å². The SMILES string of the molecule is CN(Cc1ccccc1[N+](=O)[O-])C(=O)c1ccc(F)c(F)c1. The maximum atomic E-state index is 13.2. The summed E-state index contributed by atoms with van der Waals surface area (Å²) in [7, 11) is 1.43. The van der Waals surface area contributed by atoms with Crippen LogP contribution in [0.5, 0.6) is 0 Å². The number of carbonyl (C=O) groups excluding carboxylic acids is 1. The number of amides is 1. The van der Waals surface area contributed by atoms with Gasteiger partial charge < -0.3 is 4.90 Å². The van der Waals surface area contributed by atoms with Crippen molar-refractivity contribution in [1.29, 1.82) is 0 Å². The molecular weight excluding hydrogens is 294 g/mol. The zero-order valence-corrected chi connectivity index (χ0v) is 11.6. The van der Waals surface area contributed by atoms with Crippen molar-refractivity contribution in [3.05, 3.63) is 75.3 Å². The Bertz CT molecular complexity index is 734. The number of nitro groups is 1. The molecule has 0 saturated heterocycles. The van der Waals surface area contributed by atoms with Gasteiger partial charge in [-0.1, -0.05) is 18.2 Å². The second-order valence-corrected chi connectivity index (χ2v) is 4.68. The van der Waals surface area contributed by atoms with Crippen molar-refractivity contribution in [3.8, 4) is 0 Å². The number of carbonyl (C=O) groups is 1. The molecule has 0 aliphatic heterocycles. The first-order chi connectivity index (χ1) is 10.4. The Morgan fingerprint density at radius 3 is 2.50 bits per heavy atom. The predicted molar refractivity (Wildman–Crippen MR) is 75.3 cm³/mol. The lowest BCUT2D eigenvalue weighted by Gasteiger charge is -2.17. The number of para-hydroxylation sites is 1. The standard InChI is InChI=1S/C15H12F2N2O3/c1-18(9-11-4-2-3-5-14(11)19(21)22)15(20)10-6-7-12(16)13(17)8-10/h2-8H,9H2,1H3. The molecule has 22 heavy (non-hydrogen) atoms. The number of nitro benzene ring substituents is 1. The molecule has 0 heterocycles. The molecule has 0 atom stereocenters. The summed E-state index contributed by atoms with van der Waals surface area (Å²) >= 11 is 0. The number of benzene rings is 2. The Labute approximate surface area is 124 Å². The summed E-state index contributed by atoms with van der Waals surface area (Å²) < 4.78 is 26.0. The molecule has 0 bridgehead atoms. The third kappa shape index (κ3) is 3.25. The summed E-state index contributed by atoms with van der Waals surface area (Å²) in [5.41, 5.74) is 0.221. The Morgan fingerprint density at radius 2 is 1.86 bits per heavy atom. The van der Waals surface area contributed by atoms with Gasteiger partial charge in [0.25, 0.3) is 11.6 Å². The molecule has 0 N–H and O–H groups in total. The van der Waals surface area contributed by atoms with E-state index in [2.05, 4.69) is 0 Å². The Morgan fingerprint density at radius 1 is 1.18 bits per heavy atom. The molecule has 0 unspecified atom stereocenters. The van der Waals surface area contributed by atoms with E-state index in [1.54, 1.807) is 6.07 Å². The van der Waals surface area contributed by atoms with Crippen LogP contribution in [0.1, 0.15) is 15.9 Å². The van der Waals surface area contributed by atoms with Gasteiger partial charge in [0.15, 0.2) is 11.6 Å². The van der Waals surface area contributed by atoms with Gasteiger partial charge in [-0.15, -0.1) is 0 Å². The fourth-order valence-corrected chi connectivity index (χ4v) is 2.00. The van der Waals surface area contributed by atoms with Crippen molar-refractivity contribution in [2.75, 3.05) is 7.05 Å². The molecule has 7 heteroatoms. The average molecular weight is 306 g/mol. The van der Waals surface area contributed by atoms with Crippen LogP contribution in [0.2, 0.25) is 0 Å². The summed E-state index contributed by atoms with van der Waals surface area (Å²) in [5, 5.41) is 10.9. The minimum atomic E-state index is -1.12. The van der Waals surface area contributed by atoms with Gasteiger partial charge in [0.2, 0.25) is 0 Å². The number of hydrogen-bond donors (Lipinski definition) is 0. The molecule has 0 radical (unpaired) electrons. The lowest BCUT2D eigenvalue weighted by Crippen LogP contribution is -2.26. The van der Waals surface area contributed by atoms with Gasteiger partial charge in [-0.25, -0.2) is 8.78 Å². The number of rotatable bonds is 4. The van der Waals surface area contributed by atoms with Crippen LogP contribution in [0.3, 0.4) is 0 Å². The molecule has 0 fully saturated rings. The second kappa shape index (κ2) is 6.30. The number of hydrogen-bond acceptors (Lipinski definition) is 3. The first kappa shape index (κ1) is 15.6. The Balaban J connectivity index is 2.22. The minimum absolute atomic E-state index is 0.0189. The Kier molecular flexibility index (Phi) is 4.45. The van der Waals surface area contributed by atoms with Crippen molar-refractivity contribution >= 4 is 11.6 Å². The van der Waals surface area contributed by atoms with Crippen LogP contribution >= 0.6 is 0 Å². The molecule has 0 aliphatic rings. The van der Waals surface area contributed by atoms with E-state index in [1.807, 2.05) is 0 Å². The van der Waals surface area contributed by atoms with Crippen LogP contribution in [-0.4, -0.2) is 22.8 Å². The predicted octanol–water partition coefficient (Wildman–Crippen LogP) is 3.15. The molecule has 5 nitrogen and oxygen atoms in total. The first-order valence-electron chi connectivity index (χ1n) is 6.33. The van der Waals surface area contributed by atoms with Crippen LogP contribution in [-0.2, 0) is 6.54 Å². The quantitative estimate of drug-likeness (QED) is 0.644. The third-order valence-corrected chi connectivity index (χ3v) is 3.11. The minimum Gasteiger partial charge on any atom is -0.337 e. The van der Waals surface area contributed by atoms with E-state index >= 15 is 0 Å². The lowest BCUT2D eigenvalue weighted by molar-refractivity contribution is -0.385. The van der Waals surface area contributed by atoms with Gasteiger partial charge in [-0.3, -0.25) is 14.9 Å². The van der Waals surface area contributed by atoms with E-state index in [-0.39, 0.29) is 17.8 Å². The first-order valence-corrected chi connectivity index (χ1v) is 6.33. The van der Waals surface area contributed by atoms with Gasteiger partial charge in [-0.2, -0.15) is 0 Å². The maximum absolute atomic E-state index is 13.2. The molecule has 114 valence electrons. The molecule has 0 aromatic heterocycles. The molecule has 2 aromatic rings. The maximum Gasteiger partial charge on any atom is 0.274 e. The largest absolute Gasteiger partial charge is 0.337 e. The van der Waals surface area contributed by atoms with Gasteiger partial charge in [0.1, 0.15) is 0 Å². The summed E-state index contributed by atoms with van der Waals surface area (Å²) in [4.78, 5) is 23.8. The lowest BCUT2D eigenvalue weighted by atomic mass is 10.1. The van der Waals surface area contributed by atoms with Gasteiger partial charge in [0, 0.05) is 24.2 Å². The van der Waals surface area contributed by atoms with E-state index in [9.17, 15) is 23.7 Å². The Hall–Kier alpha value is -2.83. The van der Waals surface area contributed by atoms with Crippen molar-refractivity contribution in [3.63, 3.8) is 0 Å². The fourth-order valence-electron chi connectivity index (χ4n) is 2.00. The van der Waals surface area contributed by atoms with Crippen LogP contribution < -0.4 is 0 Å². The average Bonchev–Trinajstić information content (AvgIpc) is 2.49. The van der Waals surface area contributed by atoms with E-state index in [0.717, 1.165) is 18.2 Å². The normalized spacial score (nSPS) is 10.3. The summed E-state index contributed by atoms with van der Waals surface area (Å²) in [5.74, 6) is -2.72. The van der Waals surface area contributed by atoms with Crippen LogP contribution in [0.4, 0.5) is 14.5 Å². The van der Waals surface area contributed by atoms with E-state index in [4.69, 9.17) is 0 Å². The second-order valence-electron chi connectivity index (χ2n) is 4.68. The molecule has 2 aromatic carbocycles. The monoisotopic (exact) mass is 306 g/mol. The van der Waals surface area contributed by atoms with Gasteiger partial charge in [0.05, 0.1) is 11.5 Å². The number of nitrogens with zero attached hydrogens (tertiary/aromatic N) is 2. The number of halogens is 2. The third-order valence-electron chi connectivity index (χ3n) is 3.11. The highest BCUT2D eigenvalue weighted by Gasteiger charge is 2.18. The molecule has 0 aliphatic carbocycles. The van der Waals surface area contributed by atoms with E-state index in [1.165, 1.54) is 30.1 Å². The van der Waals surface area contributed by atoms with E-state index in [0.29, 0.717) is 5.56 Å². The van der Waals surface area contributed by atoms with Gasteiger partial charge in [-0.05, 0) is 18.2 Å². The smallest absolute Gasteiger partial charge is 0.274 e.